The fraction of sp³-hybridized carbons (Fsp3) is 0.140. The molecule has 0 unspecified atom stereocenters. The lowest BCUT2D eigenvalue weighted by atomic mass is 9.95. The molecule has 0 amide bonds. The summed E-state index contributed by atoms with van der Waals surface area (Å²) in [7, 11) is 0. The van der Waals surface area contributed by atoms with Crippen LogP contribution in [0.3, 0.4) is 0 Å². The van der Waals surface area contributed by atoms with Gasteiger partial charge in [0.05, 0.1) is 45.1 Å². The molecule has 0 saturated heterocycles. The fourth-order valence-corrected chi connectivity index (χ4v) is 7.84. The van der Waals surface area contributed by atoms with Crippen molar-refractivity contribution in [3.8, 4) is 28.6 Å². The second-order valence-electron chi connectivity index (χ2n) is 12.9. The number of nitriles is 1. The molecule has 0 aliphatic heterocycles. The summed E-state index contributed by atoms with van der Waals surface area (Å²) in [4.78, 5) is 0. The van der Waals surface area contributed by atoms with Crippen molar-refractivity contribution >= 4 is 43.6 Å². The molecule has 3 nitrogen and oxygen atoms in total. The third-order valence-corrected chi connectivity index (χ3v) is 9.64. The van der Waals surface area contributed by atoms with Crippen LogP contribution in [0.4, 0.5) is 0 Å². The Hall–Kier alpha value is -5.59. The van der Waals surface area contributed by atoms with Gasteiger partial charge in [-0.15, -0.1) is 0 Å². The molecule has 0 spiro atoms. The highest BCUT2D eigenvalue weighted by Gasteiger charge is 2.25. The minimum absolute atomic E-state index is 0.632. The van der Waals surface area contributed by atoms with Crippen LogP contribution in [-0.4, -0.2) is 9.13 Å². The lowest BCUT2D eigenvalue weighted by Crippen LogP contribution is -2.07. The molecule has 8 aromatic rings. The molecule has 0 saturated carbocycles. The number of hydrogen-bond donors (Lipinski definition) is 0. The number of hydrogen-bond acceptors (Lipinski definition) is 1. The van der Waals surface area contributed by atoms with E-state index in [-0.39, 0.29) is 0 Å². The van der Waals surface area contributed by atoms with Crippen LogP contribution in [0.2, 0.25) is 0 Å². The van der Waals surface area contributed by atoms with Crippen molar-refractivity contribution in [2.75, 3.05) is 0 Å². The lowest BCUT2D eigenvalue weighted by Gasteiger charge is -2.22. The van der Waals surface area contributed by atoms with Crippen molar-refractivity contribution in [3.63, 3.8) is 0 Å². The number of fused-ring (bicyclic) bond motifs is 6. The molecule has 0 bridgehead atoms. The van der Waals surface area contributed by atoms with E-state index in [1.807, 2.05) is 0 Å². The SMILES string of the molecule is Cc1cc(C)cc(-c2c(-n3c4c(C)cccc4c4cccc(C)c43)cc(C#N)cc2-n2c3c(C)cccc3c3cccc(C)c32)c1. The lowest BCUT2D eigenvalue weighted by molar-refractivity contribution is 1.11. The zero-order valence-corrected chi connectivity index (χ0v) is 27.2. The van der Waals surface area contributed by atoms with E-state index in [0.29, 0.717) is 5.56 Å². The van der Waals surface area contributed by atoms with E-state index in [0.717, 1.165) is 22.5 Å². The van der Waals surface area contributed by atoms with Crippen LogP contribution in [0.15, 0.2) is 103 Å². The molecule has 0 aliphatic rings. The highest BCUT2D eigenvalue weighted by Crippen LogP contribution is 2.44. The standard InChI is InChI=1S/C43H35N3/c1-25-19-26(2)21-32(20-25)39-37(45-40-27(3)11-7-15-33(40)34-16-8-12-28(4)41(34)45)22-31(24-44)23-38(39)46-42-29(5)13-9-17-35(42)36-18-10-14-30(6)43(36)46/h7-23H,1-6H3. The molecule has 222 valence electrons. The topological polar surface area (TPSA) is 33.6 Å². The molecular formula is C43H35N3. The van der Waals surface area contributed by atoms with Crippen molar-refractivity contribution in [1.82, 2.24) is 9.13 Å². The first-order chi connectivity index (χ1) is 22.3. The Morgan fingerprint density at radius 3 is 1.13 bits per heavy atom. The first kappa shape index (κ1) is 27.9. The van der Waals surface area contributed by atoms with E-state index in [2.05, 4.69) is 160 Å². The van der Waals surface area contributed by atoms with Crippen molar-refractivity contribution in [1.29, 1.82) is 5.26 Å². The molecule has 0 aliphatic carbocycles. The Kier molecular flexibility index (Phi) is 6.21. The van der Waals surface area contributed by atoms with E-state index < -0.39 is 0 Å². The van der Waals surface area contributed by atoms with Gasteiger partial charge in [-0.25, -0.2) is 0 Å². The van der Waals surface area contributed by atoms with Gasteiger partial charge in [0.15, 0.2) is 0 Å². The van der Waals surface area contributed by atoms with Crippen molar-refractivity contribution in [2.24, 2.45) is 0 Å². The third kappa shape index (κ3) is 3.97. The Bertz CT molecular complexity index is 2320. The van der Waals surface area contributed by atoms with Gasteiger partial charge in [0, 0.05) is 27.1 Å². The number of rotatable bonds is 3. The van der Waals surface area contributed by atoms with Gasteiger partial charge in [-0.1, -0.05) is 102 Å². The normalized spacial score (nSPS) is 11.7. The van der Waals surface area contributed by atoms with Crippen molar-refractivity contribution < 1.29 is 0 Å². The summed E-state index contributed by atoms with van der Waals surface area (Å²) in [5.74, 6) is 0. The predicted octanol–water partition coefficient (Wildman–Crippen LogP) is 11.3. The molecule has 2 aromatic heterocycles. The van der Waals surface area contributed by atoms with E-state index >= 15 is 0 Å². The van der Waals surface area contributed by atoms with Crippen molar-refractivity contribution in [3.05, 3.63) is 142 Å². The number of para-hydroxylation sites is 4. The maximum absolute atomic E-state index is 10.6. The summed E-state index contributed by atoms with van der Waals surface area (Å²) < 4.78 is 4.86. The molecule has 6 aromatic carbocycles. The Morgan fingerprint density at radius 1 is 0.457 bits per heavy atom. The Morgan fingerprint density at radius 2 is 0.804 bits per heavy atom. The number of benzene rings is 6. The van der Waals surface area contributed by atoms with E-state index in [9.17, 15) is 5.26 Å². The summed E-state index contributed by atoms with van der Waals surface area (Å²) in [6.45, 7) is 13.1. The molecule has 0 radical (unpaired) electrons. The average molecular weight is 594 g/mol. The number of aromatic nitrogens is 2. The second-order valence-corrected chi connectivity index (χ2v) is 12.9. The fourth-order valence-electron chi connectivity index (χ4n) is 7.84. The third-order valence-electron chi connectivity index (χ3n) is 9.64. The van der Waals surface area contributed by atoms with Crippen LogP contribution >= 0.6 is 0 Å². The Labute approximate surface area is 269 Å². The van der Waals surface area contributed by atoms with Gasteiger partial charge in [0.25, 0.3) is 0 Å². The van der Waals surface area contributed by atoms with E-state index in [4.69, 9.17) is 0 Å². The number of nitrogens with zero attached hydrogens (tertiary/aromatic N) is 3. The molecule has 0 N–H and O–H groups in total. The summed E-state index contributed by atoms with van der Waals surface area (Å²) in [5, 5.41) is 15.5. The first-order valence-corrected chi connectivity index (χ1v) is 15.9. The van der Waals surface area contributed by atoms with Crippen LogP contribution in [-0.2, 0) is 0 Å². The van der Waals surface area contributed by atoms with Gasteiger partial charge < -0.3 is 9.13 Å². The monoisotopic (exact) mass is 593 g/mol. The van der Waals surface area contributed by atoms with Gasteiger partial charge in [-0.2, -0.15) is 5.26 Å². The molecule has 2 heterocycles. The maximum atomic E-state index is 10.6. The largest absolute Gasteiger partial charge is 0.308 e. The average Bonchev–Trinajstić information content (AvgIpc) is 3.56. The minimum atomic E-state index is 0.632. The summed E-state index contributed by atoms with van der Waals surface area (Å²) >= 11 is 0. The molecule has 0 atom stereocenters. The zero-order valence-electron chi connectivity index (χ0n) is 27.2. The van der Waals surface area contributed by atoms with E-state index in [1.165, 1.54) is 77.0 Å². The second kappa shape index (κ2) is 10.2. The van der Waals surface area contributed by atoms with Crippen LogP contribution in [0, 0.1) is 52.9 Å². The first-order valence-electron chi connectivity index (χ1n) is 15.9. The van der Waals surface area contributed by atoms with Crippen LogP contribution in [0.1, 0.15) is 38.9 Å². The maximum Gasteiger partial charge on any atom is 0.0993 e. The van der Waals surface area contributed by atoms with Gasteiger partial charge >= 0.3 is 0 Å². The molecular weight excluding hydrogens is 558 g/mol. The summed E-state index contributed by atoms with van der Waals surface area (Å²) in [5.41, 5.74) is 16.8. The molecule has 46 heavy (non-hydrogen) atoms. The summed E-state index contributed by atoms with van der Waals surface area (Å²) in [6, 6.07) is 39.9. The smallest absolute Gasteiger partial charge is 0.0993 e. The summed E-state index contributed by atoms with van der Waals surface area (Å²) in [6.07, 6.45) is 0. The molecule has 0 fully saturated rings. The van der Waals surface area contributed by atoms with Gasteiger partial charge in [0.2, 0.25) is 0 Å². The van der Waals surface area contributed by atoms with Crippen molar-refractivity contribution in [2.45, 2.75) is 41.5 Å². The van der Waals surface area contributed by atoms with Gasteiger partial charge in [0.1, 0.15) is 0 Å². The van der Waals surface area contributed by atoms with Gasteiger partial charge in [-0.05, 0) is 81.5 Å². The highest BCUT2D eigenvalue weighted by molar-refractivity contribution is 6.14. The highest BCUT2D eigenvalue weighted by atomic mass is 15.0. The predicted molar refractivity (Wildman–Crippen MR) is 194 cm³/mol. The quantitative estimate of drug-likeness (QED) is 0.201. The molecule has 3 heteroatoms. The Balaban J connectivity index is 1.67. The van der Waals surface area contributed by atoms with Crippen LogP contribution in [0.5, 0.6) is 0 Å². The van der Waals surface area contributed by atoms with E-state index in [1.54, 1.807) is 0 Å². The molecule has 8 rings (SSSR count). The van der Waals surface area contributed by atoms with Gasteiger partial charge in [-0.3, -0.25) is 0 Å². The van der Waals surface area contributed by atoms with Crippen LogP contribution in [0.25, 0.3) is 66.1 Å². The number of aryl methyl sites for hydroxylation is 6. The van der Waals surface area contributed by atoms with Crippen LogP contribution < -0.4 is 0 Å². The minimum Gasteiger partial charge on any atom is -0.308 e. The zero-order chi connectivity index (χ0) is 31.9.